The zero-order valence-electron chi connectivity index (χ0n) is 21.0. The number of fused-ring (bicyclic) bond motifs is 1. The second-order valence-electron chi connectivity index (χ2n) is 9.58. The number of amides is 1. The molecular formula is C29H28F2N4O2. The van der Waals surface area contributed by atoms with Crippen molar-refractivity contribution in [2.75, 3.05) is 6.61 Å². The van der Waals surface area contributed by atoms with Crippen molar-refractivity contribution in [3.8, 4) is 0 Å². The van der Waals surface area contributed by atoms with Crippen LogP contribution in [0.5, 0.6) is 0 Å². The lowest BCUT2D eigenvalue weighted by atomic mass is 10.0. The first-order valence-electron chi connectivity index (χ1n) is 12.3. The molecule has 5 rings (SSSR count). The lowest BCUT2D eigenvalue weighted by molar-refractivity contribution is 0.0951. The number of halogens is 2. The normalized spacial score (nSPS) is 15.2. The molecule has 2 aromatic heterocycles. The molecule has 0 spiro atoms. The SMILES string of the molecule is CC(C)c1c(C(=O)NCc2ccc(F)c(F)c2)c2ccc(C3=N[C@H](C)CO3)cc2n1Cc1ccccn1. The summed E-state index contributed by atoms with van der Waals surface area (Å²) in [6.07, 6.45) is 1.75. The van der Waals surface area contributed by atoms with Crippen molar-refractivity contribution in [3.05, 3.63) is 101 Å². The van der Waals surface area contributed by atoms with Gasteiger partial charge in [-0.1, -0.05) is 32.0 Å². The quantitative estimate of drug-likeness (QED) is 0.359. The predicted octanol–water partition coefficient (Wildman–Crippen LogP) is 5.58. The Hall–Kier alpha value is -4.07. The third-order valence-corrected chi connectivity index (χ3v) is 6.41. The minimum Gasteiger partial charge on any atom is -0.475 e. The number of nitrogens with one attached hydrogen (secondary N) is 1. The lowest BCUT2D eigenvalue weighted by Crippen LogP contribution is -2.24. The van der Waals surface area contributed by atoms with E-state index in [1.54, 1.807) is 6.20 Å². The maximum Gasteiger partial charge on any atom is 0.254 e. The van der Waals surface area contributed by atoms with Crippen molar-refractivity contribution in [2.45, 2.75) is 45.8 Å². The first-order valence-corrected chi connectivity index (χ1v) is 12.3. The van der Waals surface area contributed by atoms with Gasteiger partial charge in [-0.15, -0.1) is 0 Å². The van der Waals surface area contributed by atoms with Crippen LogP contribution in [0.1, 0.15) is 59.6 Å². The van der Waals surface area contributed by atoms with Crippen molar-refractivity contribution in [1.29, 1.82) is 0 Å². The molecule has 1 aliphatic heterocycles. The fraction of sp³-hybridized carbons (Fsp3) is 0.276. The number of rotatable bonds is 7. The van der Waals surface area contributed by atoms with Crippen LogP contribution < -0.4 is 5.32 Å². The molecule has 2 aromatic carbocycles. The van der Waals surface area contributed by atoms with Gasteiger partial charge in [-0.05, 0) is 54.8 Å². The Bertz CT molecular complexity index is 1500. The number of aliphatic imine (C=N–C) groups is 1. The maximum atomic E-state index is 13.7. The van der Waals surface area contributed by atoms with Gasteiger partial charge in [-0.2, -0.15) is 0 Å². The van der Waals surface area contributed by atoms with Crippen molar-refractivity contribution in [1.82, 2.24) is 14.9 Å². The predicted molar refractivity (Wildman–Crippen MR) is 139 cm³/mol. The van der Waals surface area contributed by atoms with Gasteiger partial charge in [-0.3, -0.25) is 9.78 Å². The molecule has 1 atom stereocenters. The Morgan fingerprint density at radius 2 is 1.97 bits per heavy atom. The molecule has 0 fully saturated rings. The van der Waals surface area contributed by atoms with Crippen molar-refractivity contribution < 1.29 is 18.3 Å². The largest absolute Gasteiger partial charge is 0.475 e. The first kappa shape index (κ1) is 24.6. The molecule has 1 amide bonds. The van der Waals surface area contributed by atoms with E-state index >= 15 is 0 Å². The molecule has 0 saturated carbocycles. The number of hydrogen-bond donors (Lipinski definition) is 1. The van der Waals surface area contributed by atoms with E-state index in [0.717, 1.165) is 40.0 Å². The Balaban J connectivity index is 1.60. The van der Waals surface area contributed by atoms with Gasteiger partial charge in [0, 0.05) is 29.4 Å². The van der Waals surface area contributed by atoms with Crippen LogP contribution in [0.3, 0.4) is 0 Å². The average Bonchev–Trinajstić information content (AvgIpc) is 3.46. The number of ether oxygens (including phenoxy) is 1. The zero-order chi connectivity index (χ0) is 26.1. The minimum atomic E-state index is -0.944. The summed E-state index contributed by atoms with van der Waals surface area (Å²) in [6, 6.07) is 15.3. The number of carbonyl (C=O) groups excluding carboxylic acids is 1. The fourth-order valence-corrected chi connectivity index (χ4v) is 4.72. The van der Waals surface area contributed by atoms with Gasteiger partial charge in [0.15, 0.2) is 11.6 Å². The van der Waals surface area contributed by atoms with Crippen LogP contribution in [0.25, 0.3) is 10.9 Å². The van der Waals surface area contributed by atoms with E-state index in [1.807, 2.05) is 57.2 Å². The van der Waals surface area contributed by atoms with Crippen LogP contribution in [0.15, 0.2) is 65.8 Å². The maximum absolute atomic E-state index is 13.7. The summed E-state index contributed by atoms with van der Waals surface area (Å²) in [4.78, 5) is 22.7. The van der Waals surface area contributed by atoms with Crippen LogP contribution in [0.2, 0.25) is 0 Å². The molecule has 0 saturated heterocycles. The molecule has 8 heteroatoms. The molecule has 37 heavy (non-hydrogen) atoms. The van der Waals surface area contributed by atoms with Gasteiger partial charge < -0.3 is 14.6 Å². The topological polar surface area (TPSA) is 68.5 Å². The summed E-state index contributed by atoms with van der Waals surface area (Å²) in [5.41, 5.74) is 4.48. The van der Waals surface area contributed by atoms with Crippen LogP contribution in [0.4, 0.5) is 8.78 Å². The highest BCUT2D eigenvalue weighted by Crippen LogP contribution is 2.33. The van der Waals surface area contributed by atoms with Crippen molar-refractivity contribution in [2.24, 2.45) is 4.99 Å². The summed E-state index contributed by atoms with van der Waals surface area (Å²) < 4.78 is 34.9. The molecule has 1 aliphatic rings. The fourth-order valence-electron chi connectivity index (χ4n) is 4.72. The van der Waals surface area contributed by atoms with Gasteiger partial charge in [0.05, 0.1) is 29.4 Å². The van der Waals surface area contributed by atoms with E-state index in [2.05, 4.69) is 19.9 Å². The molecule has 1 N–H and O–H groups in total. The second-order valence-corrected chi connectivity index (χ2v) is 9.58. The first-order chi connectivity index (χ1) is 17.8. The standard InChI is InChI=1S/C29H28F2N4O2/c1-17(2)27-26(28(36)33-14-19-7-10-23(30)24(31)12-19)22-9-8-20(29-34-18(3)16-37-29)13-25(22)35(27)15-21-6-4-5-11-32-21/h4-13,17-18H,14-16H2,1-3H3,(H,33,36)/t18-/m1/s1. The highest BCUT2D eigenvalue weighted by atomic mass is 19.2. The van der Waals surface area contributed by atoms with E-state index in [1.165, 1.54) is 6.07 Å². The zero-order valence-corrected chi connectivity index (χ0v) is 21.0. The smallest absolute Gasteiger partial charge is 0.254 e. The molecular weight excluding hydrogens is 474 g/mol. The second kappa shape index (κ2) is 10.1. The third-order valence-electron chi connectivity index (χ3n) is 6.41. The number of nitrogens with zero attached hydrogens (tertiary/aromatic N) is 3. The Morgan fingerprint density at radius 1 is 1.14 bits per heavy atom. The van der Waals surface area contributed by atoms with E-state index in [4.69, 9.17) is 4.74 Å². The summed E-state index contributed by atoms with van der Waals surface area (Å²) in [5, 5.41) is 3.69. The minimum absolute atomic E-state index is 0.0173. The molecule has 3 heterocycles. The number of benzene rings is 2. The lowest BCUT2D eigenvalue weighted by Gasteiger charge is -2.15. The van der Waals surface area contributed by atoms with Gasteiger partial charge >= 0.3 is 0 Å². The van der Waals surface area contributed by atoms with Crippen LogP contribution in [0, 0.1) is 11.6 Å². The number of pyridine rings is 1. The summed E-state index contributed by atoms with van der Waals surface area (Å²) >= 11 is 0. The van der Waals surface area contributed by atoms with E-state index < -0.39 is 11.6 Å². The van der Waals surface area contributed by atoms with Gasteiger partial charge in [0.2, 0.25) is 5.90 Å². The Morgan fingerprint density at radius 3 is 2.65 bits per heavy atom. The number of aromatic nitrogens is 2. The molecule has 0 unspecified atom stereocenters. The third kappa shape index (κ3) is 4.96. The molecule has 4 aromatic rings. The molecule has 0 bridgehead atoms. The van der Waals surface area contributed by atoms with Gasteiger partial charge in [-0.25, -0.2) is 13.8 Å². The molecule has 190 valence electrons. The highest BCUT2D eigenvalue weighted by molar-refractivity contribution is 6.10. The number of hydrogen-bond acceptors (Lipinski definition) is 4. The van der Waals surface area contributed by atoms with Gasteiger partial charge in [0.1, 0.15) is 6.61 Å². The molecule has 0 radical (unpaired) electrons. The highest BCUT2D eigenvalue weighted by Gasteiger charge is 2.26. The van der Waals surface area contributed by atoms with Crippen LogP contribution >= 0.6 is 0 Å². The summed E-state index contributed by atoms with van der Waals surface area (Å²) in [6.45, 7) is 7.18. The van der Waals surface area contributed by atoms with E-state index in [0.29, 0.717) is 30.2 Å². The average molecular weight is 503 g/mol. The van der Waals surface area contributed by atoms with Crippen LogP contribution in [-0.4, -0.2) is 34.0 Å². The van der Waals surface area contributed by atoms with Crippen LogP contribution in [-0.2, 0) is 17.8 Å². The molecule has 0 aliphatic carbocycles. The monoisotopic (exact) mass is 502 g/mol. The molecule has 6 nitrogen and oxygen atoms in total. The van der Waals surface area contributed by atoms with E-state index in [9.17, 15) is 13.6 Å². The van der Waals surface area contributed by atoms with Crippen molar-refractivity contribution >= 4 is 22.7 Å². The Kier molecular flexibility index (Phi) is 6.74. The van der Waals surface area contributed by atoms with Gasteiger partial charge in [0.25, 0.3) is 5.91 Å². The Labute approximate surface area is 214 Å². The summed E-state index contributed by atoms with van der Waals surface area (Å²) in [7, 11) is 0. The summed E-state index contributed by atoms with van der Waals surface area (Å²) in [5.74, 6) is -1.54. The van der Waals surface area contributed by atoms with Crippen molar-refractivity contribution in [3.63, 3.8) is 0 Å². The van der Waals surface area contributed by atoms with E-state index in [-0.39, 0.29) is 24.4 Å². The number of carbonyl (C=O) groups is 1.